The quantitative estimate of drug-likeness (QED) is 0.909. The van der Waals surface area contributed by atoms with E-state index in [0.29, 0.717) is 11.6 Å². The number of aryl methyl sites for hydroxylation is 1. The van der Waals surface area contributed by atoms with Gasteiger partial charge >= 0.3 is 6.03 Å². The molecule has 1 atom stereocenters. The Balaban J connectivity index is 1.51. The molecule has 0 spiro atoms. The van der Waals surface area contributed by atoms with Gasteiger partial charge in [-0.25, -0.2) is 4.79 Å². The number of anilines is 2. The van der Waals surface area contributed by atoms with Crippen LogP contribution in [-0.2, 0) is 0 Å². The number of aromatic nitrogens is 1. The number of urea groups is 1. The summed E-state index contributed by atoms with van der Waals surface area (Å²) in [5.41, 5.74) is 1.19. The summed E-state index contributed by atoms with van der Waals surface area (Å²) in [5.74, 6) is 1.10. The first kappa shape index (κ1) is 13.5. The second kappa shape index (κ2) is 5.87. The molecule has 0 aliphatic carbocycles. The van der Waals surface area contributed by atoms with Crippen LogP contribution in [0.15, 0.2) is 40.9 Å². The SMILES string of the molecule is Cc1cc(NC(=O)NC2CCN(c3ccccc3)C2)no1. The Morgan fingerprint density at radius 2 is 2.19 bits per heavy atom. The van der Waals surface area contributed by atoms with Crippen LogP contribution < -0.4 is 15.5 Å². The van der Waals surface area contributed by atoms with Crippen molar-refractivity contribution in [1.29, 1.82) is 0 Å². The number of nitrogens with zero attached hydrogens (tertiary/aromatic N) is 2. The number of hydrogen-bond donors (Lipinski definition) is 2. The molecule has 2 amide bonds. The van der Waals surface area contributed by atoms with Crippen molar-refractivity contribution in [2.75, 3.05) is 23.3 Å². The van der Waals surface area contributed by atoms with Crippen LogP contribution in [0, 0.1) is 6.92 Å². The van der Waals surface area contributed by atoms with Crippen LogP contribution in [0.1, 0.15) is 12.2 Å². The van der Waals surface area contributed by atoms with Gasteiger partial charge in [-0.2, -0.15) is 0 Å². The lowest BCUT2D eigenvalue weighted by Gasteiger charge is -2.18. The second-order valence-corrected chi connectivity index (χ2v) is 5.19. The molecule has 2 aromatic rings. The molecule has 6 nitrogen and oxygen atoms in total. The Morgan fingerprint density at radius 1 is 1.38 bits per heavy atom. The fourth-order valence-electron chi connectivity index (χ4n) is 2.51. The van der Waals surface area contributed by atoms with Crippen LogP contribution in [0.5, 0.6) is 0 Å². The van der Waals surface area contributed by atoms with Gasteiger partial charge in [0.05, 0.1) is 0 Å². The maximum Gasteiger partial charge on any atom is 0.320 e. The number of carbonyl (C=O) groups excluding carboxylic acids is 1. The second-order valence-electron chi connectivity index (χ2n) is 5.19. The van der Waals surface area contributed by atoms with E-state index in [4.69, 9.17) is 4.52 Å². The summed E-state index contributed by atoms with van der Waals surface area (Å²) in [6.45, 7) is 3.54. The van der Waals surface area contributed by atoms with Crippen molar-refractivity contribution in [3.63, 3.8) is 0 Å². The summed E-state index contributed by atoms with van der Waals surface area (Å²) in [6.07, 6.45) is 0.931. The van der Waals surface area contributed by atoms with Crippen LogP contribution >= 0.6 is 0 Å². The molecule has 1 aromatic carbocycles. The average Bonchev–Trinajstić information content (AvgIpc) is 3.09. The van der Waals surface area contributed by atoms with Gasteiger partial charge in [-0.05, 0) is 25.5 Å². The van der Waals surface area contributed by atoms with E-state index in [9.17, 15) is 4.79 Å². The van der Waals surface area contributed by atoms with E-state index in [2.05, 4.69) is 32.8 Å². The predicted molar refractivity (Wildman–Crippen MR) is 80.5 cm³/mol. The summed E-state index contributed by atoms with van der Waals surface area (Å²) in [6, 6.07) is 11.8. The van der Waals surface area contributed by atoms with E-state index in [-0.39, 0.29) is 12.1 Å². The number of carbonyl (C=O) groups is 1. The van der Waals surface area contributed by atoms with E-state index in [0.717, 1.165) is 19.5 Å². The molecule has 3 rings (SSSR count). The molecule has 2 N–H and O–H groups in total. The van der Waals surface area contributed by atoms with Gasteiger partial charge in [0.2, 0.25) is 0 Å². The fourth-order valence-corrected chi connectivity index (χ4v) is 2.51. The largest absolute Gasteiger partial charge is 0.369 e. The molecule has 1 fully saturated rings. The Hall–Kier alpha value is -2.50. The van der Waals surface area contributed by atoms with Crippen LogP contribution in [0.2, 0.25) is 0 Å². The number of amides is 2. The minimum Gasteiger partial charge on any atom is -0.369 e. The van der Waals surface area contributed by atoms with Gasteiger partial charge in [0.15, 0.2) is 5.82 Å². The summed E-state index contributed by atoms with van der Waals surface area (Å²) >= 11 is 0. The topological polar surface area (TPSA) is 70.4 Å². The Bertz CT molecular complexity index is 611. The molecule has 1 aromatic heterocycles. The number of para-hydroxylation sites is 1. The zero-order chi connectivity index (χ0) is 14.7. The molecule has 1 aliphatic rings. The third-order valence-corrected chi connectivity index (χ3v) is 3.51. The van der Waals surface area contributed by atoms with Gasteiger partial charge < -0.3 is 14.7 Å². The Labute approximate surface area is 123 Å². The van der Waals surface area contributed by atoms with Gasteiger partial charge in [-0.1, -0.05) is 23.4 Å². The van der Waals surface area contributed by atoms with E-state index in [1.54, 1.807) is 13.0 Å². The van der Waals surface area contributed by atoms with Crippen molar-refractivity contribution >= 4 is 17.5 Å². The van der Waals surface area contributed by atoms with Crippen molar-refractivity contribution in [2.24, 2.45) is 0 Å². The van der Waals surface area contributed by atoms with Gasteiger partial charge in [0.25, 0.3) is 0 Å². The van der Waals surface area contributed by atoms with Crippen molar-refractivity contribution in [1.82, 2.24) is 10.5 Å². The highest BCUT2D eigenvalue weighted by Gasteiger charge is 2.24. The molecule has 0 radical (unpaired) electrons. The fraction of sp³-hybridized carbons (Fsp3) is 0.333. The van der Waals surface area contributed by atoms with E-state index < -0.39 is 0 Å². The summed E-state index contributed by atoms with van der Waals surface area (Å²) in [7, 11) is 0. The molecule has 1 saturated heterocycles. The lowest BCUT2D eigenvalue weighted by Crippen LogP contribution is -2.39. The van der Waals surface area contributed by atoms with Gasteiger partial charge in [-0.3, -0.25) is 5.32 Å². The minimum absolute atomic E-state index is 0.137. The highest BCUT2D eigenvalue weighted by Crippen LogP contribution is 2.19. The first-order valence-electron chi connectivity index (χ1n) is 7.01. The average molecular weight is 286 g/mol. The standard InChI is InChI=1S/C15H18N4O2/c1-11-9-14(18-21-11)17-15(20)16-12-7-8-19(10-12)13-5-3-2-4-6-13/h2-6,9,12H,7-8,10H2,1H3,(H2,16,17,18,20). The monoisotopic (exact) mass is 286 g/mol. The molecular weight excluding hydrogens is 268 g/mol. The molecule has 21 heavy (non-hydrogen) atoms. The van der Waals surface area contributed by atoms with Crippen molar-refractivity contribution in [3.05, 3.63) is 42.2 Å². The molecule has 0 saturated carbocycles. The van der Waals surface area contributed by atoms with E-state index in [1.165, 1.54) is 5.69 Å². The third-order valence-electron chi connectivity index (χ3n) is 3.51. The number of benzene rings is 1. The van der Waals surface area contributed by atoms with E-state index in [1.807, 2.05) is 18.2 Å². The molecule has 1 aliphatic heterocycles. The highest BCUT2D eigenvalue weighted by atomic mass is 16.5. The predicted octanol–water partition coefficient (Wildman–Crippen LogP) is 2.38. The molecule has 1 unspecified atom stereocenters. The van der Waals surface area contributed by atoms with Gasteiger partial charge in [0.1, 0.15) is 5.76 Å². The maximum absolute atomic E-state index is 11.9. The number of hydrogen-bond acceptors (Lipinski definition) is 4. The molecule has 110 valence electrons. The summed E-state index contributed by atoms with van der Waals surface area (Å²) in [4.78, 5) is 14.2. The van der Waals surface area contributed by atoms with Gasteiger partial charge in [-0.15, -0.1) is 0 Å². The minimum atomic E-state index is -0.247. The van der Waals surface area contributed by atoms with Crippen LogP contribution in [0.25, 0.3) is 0 Å². The van der Waals surface area contributed by atoms with Crippen LogP contribution in [-0.4, -0.2) is 30.3 Å². The molecular formula is C15H18N4O2. The van der Waals surface area contributed by atoms with E-state index >= 15 is 0 Å². The number of rotatable bonds is 3. The zero-order valence-electron chi connectivity index (χ0n) is 11.9. The highest BCUT2D eigenvalue weighted by molar-refractivity contribution is 5.88. The molecule has 2 heterocycles. The Kier molecular flexibility index (Phi) is 3.77. The maximum atomic E-state index is 11.9. The van der Waals surface area contributed by atoms with Gasteiger partial charge in [0, 0.05) is 30.9 Å². The normalized spacial score (nSPS) is 17.8. The smallest absolute Gasteiger partial charge is 0.320 e. The lowest BCUT2D eigenvalue weighted by atomic mass is 10.3. The first-order chi connectivity index (χ1) is 10.2. The van der Waals surface area contributed by atoms with Crippen LogP contribution in [0.4, 0.5) is 16.3 Å². The summed E-state index contributed by atoms with van der Waals surface area (Å²) in [5, 5.41) is 9.37. The van der Waals surface area contributed by atoms with Crippen molar-refractivity contribution in [3.8, 4) is 0 Å². The zero-order valence-corrected chi connectivity index (χ0v) is 11.9. The first-order valence-corrected chi connectivity index (χ1v) is 7.01. The number of nitrogens with one attached hydrogen (secondary N) is 2. The van der Waals surface area contributed by atoms with Crippen LogP contribution in [0.3, 0.4) is 0 Å². The Morgan fingerprint density at radius 3 is 2.90 bits per heavy atom. The molecule has 0 bridgehead atoms. The van der Waals surface area contributed by atoms with Crippen molar-refractivity contribution in [2.45, 2.75) is 19.4 Å². The summed E-state index contributed by atoms with van der Waals surface area (Å²) < 4.78 is 4.91. The van der Waals surface area contributed by atoms with Crippen molar-refractivity contribution < 1.29 is 9.32 Å². The lowest BCUT2D eigenvalue weighted by molar-refractivity contribution is 0.249. The third kappa shape index (κ3) is 3.34. The molecule has 6 heteroatoms.